The number of hydrogen-bond acceptors (Lipinski definition) is 4. The molecule has 3 aromatic carbocycles. The van der Waals surface area contributed by atoms with Gasteiger partial charge in [0.25, 0.3) is 0 Å². The van der Waals surface area contributed by atoms with E-state index in [0.29, 0.717) is 33.4 Å². The Morgan fingerprint density at radius 3 is 2.30 bits per heavy atom. The van der Waals surface area contributed by atoms with E-state index in [0.717, 1.165) is 9.96 Å². The van der Waals surface area contributed by atoms with Gasteiger partial charge in [-0.05, 0) is 0 Å². The molecule has 0 aliphatic heterocycles. The Morgan fingerprint density at radius 1 is 0.926 bits per heavy atom. The molecule has 0 saturated carbocycles. The van der Waals surface area contributed by atoms with Crippen LogP contribution in [0.4, 0.5) is 0 Å². The fourth-order valence-corrected chi connectivity index (χ4v) is 3.64. The second kappa shape index (κ2) is 8.35. The van der Waals surface area contributed by atoms with Crippen LogP contribution in [0.2, 0.25) is 0 Å². The van der Waals surface area contributed by atoms with E-state index < -0.39 is 5.97 Å². The summed E-state index contributed by atoms with van der Waals surface area (Å²) in [6.45, 7) is 0. The normalized spacial score (nSPS) is 11.6. The van der Waals surface area contributed by atoms with Gasteiger partial charge in [0.2, 0.25) is 0 Å². The first kappa shape index (κ1) is 19.1. The molecule has 0 saturated heterocycles. The van der Waals surface area contributed by atoms with Gasteiger partial charge in [0.15, 0.2) is 0 Å². The predicted molar refractivity (Wildman–Crippen MR) is 109 cm³/mol. The number of allylic oxidation sites excluding steroid dienone is 1. The Labute approximate surface area is 166 Å². The summed E-state index contributed by atoms with van der Waals surface area (Å²) in [4.78, 5) is 12.1. The van der Waals surface area contributed by atoms with Crippen LogP contribution in [0.15, 0.2) is 84.9 Å². The summed E-state index contributed by atoms with van der Waals surface area (Å²) in [5.74, 6) is -2.16. The molecule has 5 heteroatoms. The third-order valence-corrected chi connectivity index (χ3v) is 5.32. The van der Waals surface area contributed by atoms with Gasteiger partial charge in [0.05, 0.1) is 0 Å². The van der Waals surface area contributed by atoms with Crippen molar-refractivity contribution in [2.24, 2.45) is 0 Å². The molecule has 0 spiro atoms. The van der Waals surface area contributed by atoms with Crippen molar-refractivity contribution in [3.05, 3.63) is 102 Å². The van der Waals surface area contributed by atoms with Crippen LogP contribution in [-0.2, 0) is 5.97 Å². The minimum atomic E-state index is -2.39. The van der Waals surface area contributed by atoms with Gasteiger partial charge < -0.3 is 0 Å². The summed E-state index contributed by atoms with van der Waals surface area (Å²) < 4.78 is 6.42. The monoisotopic (exact) mass is 422 g/mol. The number of aliphatic hydroxyl groups is 2. The van der Waals surface area contributed by atoms with E-state index in [2.05, 4.69) is 0 Å². The topological polar surface area (TPSA) is 66.8 Å². The van der Waals surface area contributed by atoms with E-state index in [1.165, 1.54) is 6.08 Å². The van der Waals surface area contributed by atoms with Gasteiger partial charge in [-0.15, -0.1) is 0 Å². The number of rotatable bonds is 6. The van der Waals surface area contributed by atoms with Gasteiger partial charge in [-0.3, -0.25) is 4.79 Å². The van der Waals surface area contributed by atoms with Crippen LogP contribution in [-0.4, -0.2) is 32.5 Å². The molecule has 0 aromatic heterocycles. The molecule has 0 heterocycles. The van der Waals surface area contributed by atoms with E-state index in [1.54, 1.807) is 60.7 Å². The largest absolute Gasteiger partial charge is 0.0622 e. The summed E-state index contributed by atoms with van der Waals surface area (Å²) in [6, 6.07) is 22.8. The Kier molecular flexibility index (Phi) is 5.91. The molecule has 0 radical (unpaired) electrons. The van der Waals surface area contributed by atoms with E-state index in [1.807, 2.05) is 24.3 Å². The van der Waals surface area contributed by atoms with Crippen LogP contribution < -0.4 is 9.13 Å². The van der Waals surface area contributed by atoms with Crippen LogP contribution in [0.5, 0.6) is 5.75 Å². The molecule has 27 heavy (non-hydrogen) atoms. The van der Waals surface area contributed by atoms with Crippen LogP contribution in [0.25, 0.3) is 6.08 Å². The van der Waals surface area contributed by atoms with Crippen LogP contribution in [0.3, 0.4) is 0 Å². The summed E-state index contributed by atoms with van der Waals surface area (Å²) in [5.41, 5.74) is 1.73. The molecule has 4 nitrogen and oxygen atoms in total. The van der Waals surface area contributed by atoms with Gasteiger partial charge in [-0.25, -0.2) is 0 Å². The second-order valence-corrected chi connectivity index (χ2v) is 8.64. The van der Waals surface area contributed by atoms with Crippen LogP contribution >= 0.6 is 0 Å². The van der Waals surface area contributed by atoms with Crippen molar-refractivity contribution >= 4 is 32.8 Å². The molecule has 2 N–H and O–H groups in total. The van der Waals surface area contributed by atoms with E-state index in [-0.39, 0.29) is 5.78 Å². The number of carbonyl (C=O) groups is 1. The first-order valence-corrected chi connectivity index (χ1v) is 10.6. The van der Waals surface area contributed by atoms with E-state index >= 15 is 0 Å². The Hall–Kier alpha value is -2.67. The molecule has 136 valence electrons. The number of benzene rings is 3. The zero-order valence-electron chi connectivity index (χ0n) is 14.9. The zero-order chi connectivity index (χ0) is 19.3. The van der Waals surface area contributed by atoms with Crippen molar-refractivity contribution < 1.29 is 19.7 Å². The minimum absolute atomic E-state index is 0.0788. The van der Waals surface area contributed by atoms with Gasteiger partial charge in [-0.1, -0.05) is 30.3 Å². The summed E-state index contributed by atoms with van der Waals surface area (Å²) in [5, 5.41) is 20.5. The molecule has 0 bridgehead atoms. The zero-order valence-corrected chi connectivity index (χ0v) is 19.1. The number of hydrogen-bond donors (Lipinski definition) is 2. The summed E-state index contributed by atoms with van der Waals surface area (Å²) in [6.07, 6.45) is 3.21. The fraction of sp³-hybridized carbons (Fsp3) is 0.0455. The standard InChI is InChI=1S/C22H20GeO4/c23-19-8-4-7-18(15-19)22(25,26)27-20-12-9-16(10-13-20)11-14-21(24)17-5-2-1-3-6-17/h1-15,25-26H,23H3. The van der Waals surface area contributed by atoms with Gasteiger partial charge >= 0.3 is 125 Å². The van der Waals surface area contributed by atoms with E-state index in [4.69, 9.17) is 4.74 Å². The smallest absolute Gasteiger partial charge is 0.0218 e. The number of ketones is 1. The predicted octanol–water partition coefficient (Wildman–Crippen LogP) is 1.75. The molecular formula is C22H20GeO4. The number of ether oxygens (including phenoxy) is 1. The molecule has 0 atom stereocenters. The SMILES string of the molecule is O=C(C=Cc1ccc(OC(O)(O)c2ccc[c]([GeH3])c2)cc1)c1ccccc1. The Morgan fingerprint density at radius 2 is 1.63 bits per heavy atom. The maximum Gasteiger partial charge on any atom is 0.0218 e. The van der Waals surface area contributed by atoms with Crippen molar-refractivity contribution in [2.45, 2.75) is 5.97 Å². The molecule has 0 aliphatic rings. The fourth-order valence-electron chi connectivity index (χ4n) is 2.59. The second-order valence-electron chi connectivity index (χ2n) is 6.21. The molecule has 3 aromatic rings. The maximum absolute atomic E-state index is 12.1. The van der Waals surface area contributed by atoms with Gasteiger partial charge in [0, 0.05) is 5.56 Å². The third-order valence-electron chi connectivity index (χ3n) is 4.02. The minimum Gasteiger partial charge on any atom is -0.0622 e. The average Bonchev–Trinajstić information content (AvgIpc) is 2.67. The Bertz CT molecular complexity index is 948. The first-order chi connectivity index (χ1) is 12.9. The molecule has 0 fully saturated rings. The molecule has 0 aliphatic carbocycles. The average molecular weight is 421 g/mol. The molecular weight excluding hydrogens is 401 g/mol. The summed E-state index contributed by atoms with van der Waals surface area (Å²) in [7, 11) is 0. The quantitative estimate of drug-likeness (QED) is 0.276. The number of carbonyl (C=O) groups excluding carboxylic acids is 1. The van der Waals surface area contributed by atoms with Gasteiger partial charge in [0.1, 0.15) is 0 Å². The molecule has 3 rings (SSSR count). The first-order valence-electron chi connectivity index (χ1n) is 8.52. The Balaban J connectivity index is 1.68. The van der Waals surface area contributed by atoms with Crippen molar-refractivity contribution in [3.8, 4) is 5.75 Å². The van der Waals surface area contributed by atoms with E-state index in [9.17, 15) is 15.0 Å². The summed E-state index contributed by atoms with van der Waals surface area (Å²) >= 11 is 0.435. The van der Waals surface area contributed by atoms with Crippen molar-refractivity contribution in [2.75, 3.05) is 0 Å². The van der Waals surface area contributed by atoms with Crippen LogP contribution in [0.1, 0.15) is 21.5 Å². The maximum atomic E-state index is 12.1. The van der Waals surface area contributed by atoms with Gasteiger partial charge in [-0.2, -0.15) is 0 Å². The van der Waals surface area contributed by atoms with Crippen molar-refractivity contribution in [3.63, 3.8) is 0 Å². The third kappa shape index (κ3) is 5.17. The van der Waals surface area contributed by atoms with Crippen molar-refractivity contribution in [1.82, 2.24) is 0 Å². The molecule has 0 amide bonds. The van der Waals surface area contributed by atoms with Crippen molar-refractivity contribution in [1.29, 1.82) is 0 Å². The molecule has 0 unspecified atom stereocenters. The van der Waals surface area contributed by atoms with Crippen LogP contribution in [0, 0.1) is 0 Å².